The molecule has 0 aromatic rings. The van der Waals surface area contributed by atoms with Gasteiger partial charge in [-0.25, -0.2) is 0 Å². The van der Waals surface area contributed by atoms with E-state index < -0.39 is 34.7 Å². The Morgan fingerprint density at radius 3 is 2.41 bits per heavy atom. The Bertz CT molecular complexity index is 798. The zero-order valence-corrected chi connectivity index (χ0v) is 19.6. The molecule has 0 unspecified atom stereocenters. The van der Waals surface area contributed by atoms with Gasteiger partial charge in [-0.3, -0.25) is 4.90 Å². The summed E-state index contributed by atoms with van der Waals surface area (Å²) in [7, 11) is 5.02. The number of nitrogens with zero attached hydrogens (tertiary/aromatic N) is 1. The van der Waals surface area contributed by atoms with E-state index in [0.717, 1.165) is 19.5 Å². The van der Waals surface area contributed by atoms with Gasteiger partial charge in [0.25, 0.3) is 0 Å². The van der Waals surface area contributed by atoms with Crippen molar-refractivity contribution in [2.24, 2.45) is 34.5 Å². The van der Waals surface area contributed by atoms with Gasteiger partial charge in [-0.15, -0.1) is 0 Å². The van der Waals surface area contributed by atoms with Crippen LogP contribution in [0.1, 0.15) is 32.6 Å². The lowest BCUT2D eigenvalue weighted by Crippen LogP contribution is -2.82. The minimum absolute atomic E-state index is 0.159. The highest BCUT2D eigenvalue weighted by atomic mass is 16.5. The molecule has 1 aliphatic heterocycles. The van der Waals surface area contributed by atoms with Crippen molar-refractivity contribution in [3.63, 3.8) is 0 Å². The van der Waals surface area contributed by atoms with Crippen molar-refractivity contribution >= 4 is 0 Å². The zero-order chi connectivity index (χ0) is 22.8. The molecule has 4 N–H and O–H groups in total. The number of piperidine rings is 1. The van der Waals surface area contributed by atoms with Crippen LogP contribution in [0.4, 0.5) is 0 Å². The molecule has 5 aliphatic carbocycles. The molecule has 0 aromatic heterocycles. The first-order chi connectivity index (χ1) is 15.2. The molecule has 13 atom stereocenters. The summed E-state index contributed by atoms with van der Waals surface area (Å²) in [6.07, 6.45) is -0.229. The van der Waals surface area contributed by atoms with Crippen molar-refractivity contribution < 1.29 is 34.6 Å². The van der Waals surface area contributed by atoms with E-state index in [1.165, 1.54) is 0 Å². The molecule has 182 valence electrons. The summed E-state index contributed by atoms with van der Waals surface area (Å²) in [5, 5.41) is 48.5. The van der Waals surface area contributed by atoms with Gasteiger partial charge in [0.1, 0.15) is 0 Å². The van der Waals surface area contributed by atoms with Gasteiger partial charge in [0.15, 0.2) is 0 Å². The molecule has 0 radical (unpaired) electrons. The largest absolute Gasteiger partial charge is 0.392 e. The van der Waals surface area contributed by atoms with E-state index in [4.69, 9.17) is 14.2 Å². The predicted octanol–water partition coefficient (Wildman–Crippen LogP) is -0.383. The highest BCUT2D eigenvalue weighted by Crippen LogP contribution is 2.80. The fraction of sp³-hybridized carbons (Fsp3) is 1.00. The minimum Gasteiger partial charge on any atom is -0.392 e. The second-order valence-electron chi connectivity index (χ2n) is 11.7. The number of hydrogen-bond donors (Lipinski definition) is 4. The molecule has 6 rings (SSSR count). The van der Waals surface area contributed by atoms with Gasteiger partial charge >= 0.3 is 0 Å². The lowest BCUT2D eigenvalue weighted by Gasteiger charge is -2.71. The molecule has 5 saturated carbocycles. The standard InChI is InChI=1S/C24H39NO7/c1-5-25-10-21(11-30-2)7-6-14(26)24-19(21)17(32-4)15(20(24)25)22(28)9-13(31-3)12-8-23(24,29)18(22)16(12)27/h12-20,26-29H,5-11H2,1-4H3/t12-,13+,14+,15-,16+,17+,18-,19-,20-,21+,22+,23+,24-/m1/s1. The summed E-state index contributed by atoms with van der Waals surface area (Å²) in [5.74, 6) is -1.47. The summed E-state index contributed by atoms with van der Waals surface area (Å²) in [5.41, 5.74) is -3.93. The molecule has 1 spiro atoms. The highest BCUT2D eigenvalue weighted by molar-refractivity contribution is 5.40. The fourth-order valence-corrected chi connectivity index (χ4v) is 10.7. The minimum atomic E-state index is -1.41. The molecule has 7 bridgehead atoms. The summed E-state index contributed by atoms with van der Waals surface area (Å²) in [4.78, 5) is 2.37. The monoisotopic (exact) mass is 453 g/mol. The number of likely N-dealkylation sites (tertiary alicyclic amines) is 1. The topological polar surface area (TPSA) is 112 Å². The quantitative estimate of drug-likeness (QED) is 0.446. The van der Waals surface area contributed by atoms with Crippen LogP contribution in [0.15, 0.2) is 0 Å². The van der Waals surface area contributed by atoms with Gasteiger partial charge in [-0.2, -0.15) is 0 Å². The molecule has 8 heteroatoms. The van der Waals surface area contributed by atoms with Crippen LogP contribution in [-0.2, 0) is 14.2 Å². The smallest absolute Gasteiger partial charge is 0.0832 e. The molecule has 0 aromatic carbocycles. The summed E-state index contributed by atoms with van der Waals surface area (Å²) in [6.45, 7) is 4.18. The van der Waals surface area contributed by atoms with Crippen molar-refractivity contribution in [1.29, 1.82) is 0 Å². The van der Waals surface area contributed by atoms with Crippen LogP contribution in [0.2, 0.25) is 0 Å². The first-order valence-electron chi connectivity index (χ1n) is 12.3. The summed E-state index contributed by atoms with van der Waals surface area (Å²) >= 11 is 0. The number of hydrogen-bond acceptors (Lipinski definition) is 8. The molecule has 1 heterocycles. The van der Waals surface area contributed by atoms with Crippen LogP contribution < -0.4 is 0 Å². The fourth-order valence-electron chi connectivity index (χ4n) is 10.7. The van der Waals surface area contributed by atoms with Crippen LogP contribution in [0, 0.1) is 34.5 Å². The number of aliphatic hydroxyl groups is 4. The number of rotatable bonds is 5. The number of methoxy groups -OCH3 is 3. The first-order valence-corrected chi connectivity index (χ1v) is 12.3. The molecular weight excluding hydrogens is 414 g/mol. The first kappa shape index (κ1) is 22.2. The van der Waals surface area contributed by atoms with Gasteiger partial charge in [0.05, 0.1) is 42.2 Å². The summed E-state index contributed by atoms with van der Waals surface area (Å²) < 4.78 is 17.8. The maximum Gasteiger partial charge on any atom is 0.0832 e. The van der Waals surface area contributed by atoms with Crippen molar-refractivity contribution in [2.45, 2.75) is 74.3 Å². The van der Waals surface area contributed by atoms with Gasteiger partial charge in [0, 0.05) is 74.8 Å². The molecule has 32 heavy (non-hydrogen) atoms. The van der Waals surface area contributed by atoms with E-state index in [0.29, 0.717) is 25.9 Å². The van der Waals surface area contributed by atoms with Crippen LogP contribution in [0.25, 0.3) is 0 Å². The Hall–Kier alpha value is -0.320. The Morgan fingerprint density at radius 2 is 1.78 bits per heavy atom. The van der Waals surface area contributed by atoms with Crippen LogP contribution in [0.5, 0.6) is 0 Å². The second kappa shape index (κ2) is 6.66. The van der Waals surface area contributed by atoms with Gasteiger partial charge in [0.2, 0.25) is 0 Å². The Balaban J connectivity index is 1.67. The Labute approximate surface area is 189 Å². The van der Waals surface area contributed by atoms with E-state index in [2.05, 4.69) is 11.8 Å². The average Bonchev–Trinajstić information content (AvgIpc) is 3.15. The van der Waals surface area contributed by atoms with Gasteiger partial charge < -0.3 is 34.6 Å². The molecule has 1 saturated heterocycles. The number of aliphatic hydroxyl groups excluding tert-OH is 2. The second-order valence-corrected chi connectivity index (χ2v) is 11.7. The maximum absolute atomic E-state index is 12.8. The molecule has 6 fully saturated rings. The Morgan fingerprint density at radius 1 is 1.03 bits per heavy atom. The average molecular weight is 454 g/mol. The van der Waals surface area contributed by atoms with E-state index in [-0.39, 0.29) is 41.4 Å². The third-order valence-electron chi connectivity index (χ3n) is 11.2. The normalized spacial score (nSPS) is 62.4. The number of ether oxygens (including phenoxy) is 3. The molecule has 8 nitrogen and oxygen atoms in total. The van der Waals surface area contributed by atoms with E-state index in [1.807, 2.05) is 0 Å². The van der Waals surface area contributed by atoms with Crippen LogP contribution in [-0.4, -0.2) is 108 Å². The lowest BCUT2D eigenvalue weighted by atomic mass is 9.41. The number of fused-ring (bicyclic) bond motifs is 2. The maximum atomic E-state index is 12.8. The van der Waals surface area contributed by atoms with Crippen molar-refractivity contribution in [3.8, 4) is 0 Å². The zero-order valence-electron chi connectivity index (χ0n) is 19.6. The van der Waals surface area contributed by atoms with Crippen molar-refractivity contribution in [3.05, 3.63) is 0 Å². The van der Waals surface area contributed by atoms with E-state index in [1.54, 1.807) is 21.3 Å². The van der Waals surface area contributed by atoms with Gasteiger partial charge in [-0.1, -0.05) is 6.92 Å². The highest BCUT2D eigenvalue weighted by Gasteiger charge is 2.90. The lowest BCUT2D eigenvalue weighted by molar-refractivity contribution is -0.325. The van der Waals surface area contributed by atoms with E-state index >= 15 is 0 Å². The molecule has 6 aliphatic rings. The van der Waals surface area contributed by atoms with E-state index in [9.17, 15) is 20.4 Å². The molecular formula is C24H39NO7. The third kappa shape index (κ3) is 2.03. The molecule has 0 amide bonds. The third-order valence-corrected chi connectivity index (χ3v) is 11.2. The predicted molar refractivity (Wildman–Crippen MR) is 114 cm³/mol. The SMILES string of the molecule is CCN1C[C@]2(COC)CC[C@H](O)[C@@]34[C@@H]2[C@@H](OC)[C@H]([C@@H]13)[C@@]1(O)C[C@H](OC)[C@H]2C[C@]4(O)[C@@H]1[C@H]2O. The van der Waals surface area contributed by atoms with Crippen molar-refractivity contribution in [1.82, 2.24) is 4.90 Å². The van der Waals surface area contributed by atoms with Crippen LogP contribution >= 0.6 is 0 Å². The van der Waals surface area contributed by atoms with Crippen LogP contribution in [0.3, 0.4) is 0 Å². The van der Waals surface area contributed by atoms with Gasteiger partial charge in [-0.05, 0) is 25.8 Å². The summed E-state index contributed by atoms with van der Waals surface area (Å²) in [6, 6.07) is -0.226. The Kier molecular flexibility index (Phi) is 4.62. The van der Waals surface area contributed by atoms with Crippen molar-refractivity contribution in [2.75, 3.05) is 41.0 Å².